The van der Waals surface area contributed by atoms with Gasteiger partial charge in [-0.1, -0.05) is 238 Å². The van der Waals surface area contributed by atoms with Gasteiger partial charge in [0.05, 0.1) is 66.5 Å². The average molecular weight is 2030 g/mol. The van der Waals surface area contributed by atoms with E-state index in [1.54, 1.807) is 12.1 Å². The normalized spacial score (nSPS) is 12.0. The molecule has 0 atom stereocenters. The number of hydrogen-bond donors (Lipinski definition) is 1. The Kier molecular flexibility index (Phi) is 19.1. The number of imidazole rings is 6. The van der Waals surface area contributed by atoms with Gasteiger partial charge in [-0.2, -0.15) is 0 Å². The average Bonchev–Trinajstić information content (AvgIpc) is 1.55. The molecule has 0 fully saturated rings. The van der Waals surface area contributed by atoms with E-state index in [-0.39, 0.29) is 26.2 Å². The number of hydrogen-bond acceptors (Lipinski definition) is 9. The van der Waals surface area contributed by atoms with Crippen LogP contribution in [0, 0.1) is 12.1 Å². The minimum absolute atomic E-state index is 0. The number of fused-ring (bicyclic) bond motifs is 45. The van der Waals surface area contributed by atoms with Crippen molar-refractivity contribution >= 4 is 245 Å². The fraction of sp³-hybridized carbons (Fsp3) is 0. The number of phenols is 1. The maximum atomic E-state index is 10.1. The Morgan fingerprint density at radius 1 is 0.205 bits per heavy atom. The molecule has 0 radical (unpaired) electrons. The maximum absolute atomic E-state index is 10.1. The molecular weight excluding hydrogens is 1960 g/mol. The van der Waals surface area contributed by atoms with Crippen molar-refractivity contribution in [3.63, 3.8) is 0 Å². The second-order valence-electron chi connectivity index (χ2n) is 36.8. The number of para-hydroxylation sites is 9. The number of rotatable bonds is 7. The second-order valence-corrected chi connectivity index (χ2v) is 37.7. The van der Waals surface area contributed by atoms with Crippen molar-refractivity contribution in [1.29, 1.82) is 0 Å². The molecule has 15 aromatic heterocycles. The van der Waals surface area contributed by atoms with Crippen LogP contribution in [0.5, 0.6) is 28.7 Å². The molecule has 33 aromatic rings. The van der Waals surface area contributed by atoms with Crippen LogP contribution in [0.3, 0.4) is 0 Å². The van der Waals surface area contributed by atoms with E-state index in [2.05, 4.69) is 417 Å². The molecule has 0 saturated heterocycles. The van der Waals surface area contributed by atoms with Crippen molar-refractivity contribution in [2.45, 2.75) is 0 Å². The van der Waals surface area contributed by atoms with Gasteiger partial charge in [-0.25, -0.2) is 19.9 Å². The minimum atomic E-state index is 0. The second kappa shape index (κ2) is 33.2. The van der Waals surface area contributed by atoms with E-state index in [0.29, 0.717) is 11.5 Å². The van der Waals surface area contributed by atoms with Gasteiger partial charge in [0, 0.05) is 194 Å². The zero-order chi connectivity index (χ0) is 95.3. The number of nitrogens with zero attached hydrogens (tertiary/aromatic N) is 15. The van der Waals surface area contributed by atoms with Crippen LogP contribution < -0.4 is 9.47 Å². The van der Waals surface area contributed by atoms with Gasteiger partial charge in [-0.15, -0.1) is 12.1 Å². The first kappa shape index (κ1) is 84.1. The molecule has 0 bridgehead atoms. The minimum Gasteiger partial charge on any atom is -0.508 e. The first-order valence-electron chi connectivity index (χ1n) is 48.0. The summed E-state index contributed by atoms with van der Waals surface area (Å²) < 4.78 is 34.0. The van der Waals surface area contributed by atoms with Crippen LogP contribution >= 0.6 is 15.9 Å². The van der Waals surface area contributed by atoms with Crippen LogP contribution in [0.25, 0.3) is 246 Å². The van der Waals surface area contributed by atoms with Crippen molar-refractivity contribution in [2.24, 2.45) is 0 Å². The van der Waals surface area contributed by atoms with Crippen LogP contribution in [0.1, 0.15) is 0 Å². The zero-order valence-electron chi connectivity index (χ0n) is 77.3. The van der Waals surface area contributed by atoms with Crippen LogP contribution in [0.2, 0.25) is 0 Å². The van der Waals surface area contributed by atoms with Crippen molar-refractivity contribution < 1.29 is 35.0 Å². The molecule has 0 saturated carbocycles. The quantitative estimate of drug-likeness (QED) is 0.0932. The van der Waals surface area contributed by atoms with Crippen molar-refractivity contribution in [1.82, 2.24) is 70.0 Å². The Balaban J connectivity index is 0.0000000968. The van der Waals surface area contributed by atoms with Gasteiger partial charge in [0.25, 0.3) is 0 Å². The maximum Gasteiger partial charge on any atom is 2.00 e. The van der Waals surface area contributed by atoms with Gasteiger partial charge in [-0.05, 0) is 202 Å². The largest absolute Gasteiger partial charge is 2.00 e. The van der Waals surface area contributed by atoms with Crippen molar-refractivity contribution in [3.05, 3.63) is 461 Å². The molecule has 18 aromatic carbocycles. The summed E-state index contributed by atoms with van der Waals surface area (Å²) in [6, 6.07) is 136. The third kappa shape index (κ3) is 13.0. The van der Waals surface area contributed by atoms with E-state index >= 15 is 0 Å². The molecule has 0 aliphatic rings. The number of aromatic hydroxyl groups is 1. The molecule has 0 aliphatic carbocycles. The monoisotopic (exact) mass is 2030 g/mol. The summed E-state index contributed by atoms with van der Waals surface area (Å²) in [6.07, 6.45) is 23.2. The SMILES string of the molecule is Brc1ccc2c3ccccc3n3ccnc3c2c1.Oc1ccc2c3cc4c5ccccc5n(-c5ccccc5)c4cc3n3ccnc3c2c1.[Pd+2].[c-]1c(Oc2[c-]c3c(cc2)c2cc4c5ccccc5n(-c5ccccc5)c4cc2n2ccnc32)ccc2c1c1nccn1c1ccccc21.c1ccc(-n2c3ccccc3c3cc4c5ccc(Oc6ccc7c8ccccc8n8ccnc8c7c6)cc5c5nccn5c4cc32)cc1. The van der Waals surface area contributed by atoms with Crippen LogP contribution in [0.15, 0.2) is 449 Å². The van der Waals surface area contributed by atoms with Crippen LogP contribution in [0.4, 0.5) is 0 Å². The summed E-state index contributed by atoms with van der Waals surface area (Å²) in [6.45, 7) is 0. The first-order chi connectivity index (χ1) is 71.7. The third-order valence-corrected chi connectivity index (χ3v) is 29.4. The van der Waals surface area contributed by atoms with E-state index < -0.39 is 0 Å². The van der Waals surface area contributed by atoms with E-state index in [1.807, 2.05) is 98.5 Å². The molecule has 20 heteroatoms. The van der Waals surface area contributed by atoms with Crippen LogP contribution in [-0.2, 0) is 20.4 Å². The molecular formula is C126H74BrN15O3Pd. The van der Waals surface area contributed by atoms with Gasteiger partial charge >= 0.3 is 20.4 Å². The zero-order valence-corrected chi connectivity index (χ0v) is 80.5. The number of ether oxygens (including phenoxy) is 2. The number of phenolic OH excluding ortho intramolecular Hbond substituents is 1. The smallest absolute Gasteiger partial charge is 0.508 e. The topological polar surface area (TPSA) is 157 Å². The number of halogens is 1. The van der Waals surface area contributed by atoms with Crippen molar-refractivity contribution in [2.75, 3.05) is 0 Å². The van der Waals surface area contributed by atoms with Gasteiger partial charge in [0.1, 0.15) is 39.8 Å². The Morgan fingerprint density at radius 3 is 0.877 bits per heavy atom. The molecule has 0 aliphatic heterocycles. The summed E-state index contributed by atoms with van der Waals surface area (Å²) >= 11 is 3.53. The van der Waals surface area contributed by atoms with Gasteiger partial charge < -0.3 is 37.1 Å². The Bertz CT molecular complexity index is 10900. The molecule has 0 amide bonds. The molecule has 33 rings (SSSR count). The van der Waals surface area contributed by atoms with Gasteiger partial charge in [0.2, 0.25) is 0 Å². The third-order valence-electron chi connectivity index (χ3n) is 28.9. The Hall–Kier alpha value is -18.8. The van der Waals surface area contributed by atoms with E-state index in [1.165, 1.54) is 86.8 Å². The van der Waals surface area contributed by atoms with Crippen LogP contribution in [-0.4, -0.2) is 75.1 Å². The Labute approximate surface area is 850 Å². The summed E-state index contributed by atoms with van der Waals surface area (Å²) in [7, 11) is 0. The molecule has 1 N–H and O–H groups in total. The predicted molar refractivity (Wildman–Crippen MR) is 591 cm³/mol. The summed E-state index contributed by atoms with van der Waals surface area (Å²) in [5, 5.41) is 37.2. The van der Waals surface area contributed by atoms with Gasteiger partial charge in [0.15, 0.2) is 0 Å². The molecule has 15 heterocycles. The molecule has 18 nitrogen and oxygen atoms in total. The summed E-state index contributed by atoms with van der Waals surface area (Å²) in [5.74, 6) is 2.97. The Morgan fingerprint density at radius 2 is 0.479 bits per heavy atom. The fourth-order valence-corrected chi connectivity index (χ4v) is 23.1. The fourth-order valence-electron chi connectivity index (χ4n) is 22.7. The summed E-state index contributed by atoms with van der Waals surface area (Å²) in [4.78, 5) is 28.1. The van der Waals surface area contributed by atoms with E-state index in [4.69, 9.17) is 24.4 Å². The molecule has 0 unspecified atom stereocenters. The molecule has 146 heavy (non-hydrogen) atoms. The van der Waals surface area contributed by atoms with Crippen molar-refractivity contribution in [3.8, 4) is 45.8 Å². The first-order valence-corrected chi connectivity index (χ1v) is 48.8. The number of aromatic nitrogens is 15. The standard InChI is InChI=1S/C42H25N5O.C42H23N5O.C27H17N3O.C15H9BrN2.Pd/c2*1-2-8-26(9-3-1)47-38-13-7-5-11-32(38)34-24-33-30-17-15-28(23-36(30)42-44-19-21-46(42)39(33)25-40(34)47)48-27-14-16-29-31-10-4-6-12-37(31)45-20-18-43-41(45)35(29)22-27;31-18-10-11-19-21-15-22-20-8-4-5-9-24(20)30(17-6-2-1-3-7-17)26(22)16-25(21)29-13-12-28-27(29)23(19)14-18;16-10-5-6-11-12-3-1-2-4-14(12)18-8-7-17-15(18)13(11)9-10;/h1-25H;1-21,24-25H;1-16,31H;1-9H;/q;-2;;;+2. The summed E-state index contributed by atoms with van der Waals surface area (Å²) in [5.41, 5.74) is 22.5. The van der Waals surface area contributed by atoms with E-state index in [9.17, 15) is 5.11 Å². The predicted octanol–water partition coefficient (Wildman–Crippen LogP) is 31.4. The number of benzene rings is 18. The van der Waals surface area contributed by atoms with E-state index in [0.717, 1.165) is 176 Å². The molecule has 688 valence electrons. The van der Waals surface area contributed by atoms with Gasteiger partial charge in [-0.3, -0.25) is 27.6 Å². The molecule has 0 spiro atoms. The number of pyridine rings is 6.